The zero-order chi connectivity index (χ0) is 19.5. The fourth-order valence-electron chi connectivity index (χ4n) is 3.33. The molecule has 2 amide bonds. The third-order valence-corrected chi connectivity index (χ3v) is 4.94. The standard InChI is InChI=1S/C21H21N5O2/c1-15(16-4-10-19(11-5-16)26-14-22-13-23-26)24-21(28)17-6-8-18(9-7-17)25-12-2-3-20(25)27/h4-11,13-15H,2-3,12H2,1H3,(H,24,28)/t15-/m0/s1. The summed E-state index contributed by atoms with van der Waals surface area (Å²) in [4.78, 5) is 30.1. The summed E-state index contributed by atoms with van der Waals surface area (Å²) in [5, 5.41) is 7.11. The second-order valence-corrected chi connectivity index (χ2v) is 6.82. The first-order chi connectivity index (χ1) is 13.6. The van der Waals surface area contributed by atoms with Crippen LogP contribution in [0.3, 0.4) is 0 Å². The number of hydrogen-bond donors (Lipinski definition) is 1. The molecule has 0 saturated carbocycles. The van der Waals surface area contributed by atoms with E-state index in [1.165, 1.54) is 6.33 Å². The topological polar surface area (TPSA) is 80.1 Å². The zero-order valence-corrected chi connectivity index (χ0v) is 15.6. The number of aromatic nitrogens is 3. The van der Waals surface area contributed by atoms with Crippen molar-refractivity contribution in [1.82, 2.24) is 20.1 Å². The lowest BCUT2D eigenvalue weighted by Crippen LogP contribution is -2.27. The van der Waals surface area contributed by atoms with Crippen LogP contribution in [0, 0.1) is 0 Å². The molecular formula is C21H21N5O2. The van der Waals surface area contributed by atoms with Crippen LogP contribution in [0.5, 0.6) is 0 Å². The van der Waals surface area contributed by atoms with E-state index < -0.39 is 0 Å². The van der Waals surface area contributed by atoms with Gasteiger partial charge in [-0.3, -0.25) is 9.59 Å². The Morgan fingerprint density at radius 1 is 1.07 bits per heavy atom. The molecule has 1 aliphatic rings. The number of nitrogens with one attached hydrogen (secondary N) is 1. The molecule has 1 aromatic heterocycles. The van der Waals surface area contributed by atoms with Gasteiger partial charge >= 0.3 is 0 Å². The smallest absolute Gasteiger partial charge is 0.251 e. The van der Waals surface area contributed by atoms with Crippen LogP contribution in [-0.2, 0) is 4.79 Å². The largest absolute Gasteiger partial charge is 0.346 e. The number of amides is 2. The van der Waals surface area contributed by atoms with Crippen LogP contribution in [0.2, 0.25) is 0 Å². The van der Waals surface area contributed by atoms with E-state index in [1.807, 2.05) is 43.3 Å². The van der Waals surface area contributed by atoms with Gasteiger partial charge in [-0.1, -0.05) is 12.1 Å². The van der Waals surface area contributed by atoms with Crippen LogP contribution in [0.15, 0.2) is 61.2 Å². The fraction of sp³-hybridized carbons (Fsp3) is 0.238. The number of anilines is 1. The van der Waals surface area contributed by atoms with Gasteiger partial charge in [-0.25, -0.2) is 9.67 Å². The molecule has 2 aromatic carbocycles. The second-order valence-electron chi connectivity index (χ2n) is 6.82. The maximum absolute atomic E-state index is 12.6. The summed E-state index contributed by atoms with van der Waals surface area (Å²) in [6, 6.07) is 14.8. The number of carbonyl (C=O) groups excluding carboxylic acids is 2. The van der Waals surface area contributed by atoms with Crippen molar-refractivity contribution in [1.29, 1.82) is 0 Å². The minimum atomic E-state index is -0.146. The molecule has 3 aromatic rings. The molecule has 0 spiro atoms. The number of hydrogen-bond acceptors (Lipinski definition) is 4. The van der Waals surface area contributed by atoms with Crippen molar-refractivity contribution in [2.24, 2.45) is 0 Å². The second kappa shape index (κ2) is 7.64. The van der Waals surface area contributed by atoms with Gasteiger partial charge in [0.05, 0.1) is 11.7 Å². The van der Waals surface area contributed by atoms with Crippen molar-refractivity contribution in [2.75, 3.05) is 11.4 Å². The molecule has 28 heavy (non-hydrogen) atoms. The van der Waals surface area contributed by atoms with Crippen LogP contribution in [0.25, 0.3) is 5.69 Å². The zero-order valence-electron chi connectivity index (χ0n) is 15.6. The quantitative estimate of drug-likeness (QED) is 0.744. The summed E-state index contributed by atoms with van der Waals surface area (Å²) >= 11 is 0. The number of carbonyl (C=O) groups is 2. The Bertz CT molecular complexity index is 965. The maximum atomic E-state index is 12.6. The van der Waals surface area contributed by atoms with E-state index in [1.54, 1.807) is 28.0 Å². The molecule has 2 heterocycles. The van der Waals surface area contributed by atoms with Gasteiger partial charge < -0.3 is 10.2 Å². The van der Waals surface area contributed by atoms with Gasteiger partial charge in [0, 0.05) is 24.2 Å². The molecular weight excluding hydrogens is 354 g/mol. The molecule has 1 atom stereocenters. The Morgan fingerprint density at radius 3 is 2.39 bits per heavy atom. The van der Waals surface area contributed by atoms with Gasteiger partial charge in [0.15, 0.2) is 0 Å². The van der Waals surface area contributed by atoms with Gasteiger partial charge in [-0.05, 0) is 55.3 Å². The molecule has 0 radical (unpaired) electrons. The Balaban J connectivity index is 1.40. The lowest BCUT2D eigenvalue weighted by atomic mass is 10.1. The summed E-state index contributed by atoms with van der Waals surface area (Å²) in [5.74, 6) is -0.00712. The predicted octanol–water partition coefficient (Wildman–Crippen LogP) is 2.89. The van der Waals surface area contributed by atoms with E-state index in [9.17, 15) is 9.59 Å². The Morgan fingerprint density at radius 2 is 1.79 bits per heavy atom. The molecule has 1 fully saturated rings. The normalized spacial score (nSPS) is 14.9. The minimum absolute atomic E-state index is 0.139. The van der Waals surface area contributed by atoms with Gasteiger partial charge in [0.25, 0.3) is 5.91 Å². The van der Waals surface area contributed by atoms with Crippen LogP contribution in [-0.4, -0.2) is 33.1 Å². The molecule has 1 aliphatic heterocycles. The van der Waals surface area contributed by atoms with Crippen molar-refractivity contribution < 1.29 is 9.59 Å². The third-order valence-electron chi connectivity index (χ3n) is 4.94. The first kappa shape index (κ1) is 17.9. The average Bonchev–Trinajstić information content (AvgIpc) is 3.40. The van der Waals surface area contributed by atoms with Crippen LogP contribution >= 0.6 is 0 Å². The highest BCUT2D eigenvalue weighted by Gasteiger charge is 2.21. The number of benzene rings is 2. The summed E-state index contributed by atoms with van der Waals surface area (Å²) in [5.41, 5.74) is 3.32. The molecule has 1 N–H and O–H groups in total. The molecule has 4 rings (SSSR count). The van der Waals surface area contributed by atoms with Crippen molar-refractivity contribution in [3.63, 3.8) is 0 Å². The van der Waals surface area contributed by atoms with Crippen molar-refractivity contribution >= 4 is 17.5 Å². The van der Waals surface area contributed by atoms with E-state index in [0.29, 0.717) is 12.0 Å². The first-order valence-electron chi connectivity index (χ1n) is 9.28. The molecule has 7 nitrogen and oxygen atoms in total. The lowest BCUT2D eigenvalue weighted by Gasteiger charge is -2.17. The minimum Gasteiger partial charge on any atom is -0.346 e. The summed E-state index contributed by atoms with van der Waals surface area (Å²) in [6.45, 7) is 2.69. The summed E-state index contributed by atoms with van der Waals surface area (Å²) in [6.07, 6.45) is 4.60. The number of nitrogens with zero attached hydrogens (tertiary/aromatic N) is 4. The third kappa shape index (κ3) is 3.64. The number of rotatable bonds is 5. The molecule has 142 valence electrons. The maximum Gasteiger partial charge on any atom is 0.251 e. The van der Waals surface area contributed by atoms with Crippen molar-refractivity contribution in [2.45, 2.75) is 25.8 Å². The lowest BCUT2D eigenvalue weighted by molar-refractivity contribution is -0.117. The van der Waals surface area contributed by atoms with Crippen LogP contribution in [0.1, 0.15) is 41.7 Å². The molecule has 0 bridgehead atoms. The highest BCUT2D eigenvalue weighted by atomic mass is 16.2. The van der Waals surface area contributed by atoms with Gasteiger partial charge in [0.2, 0.25) is 5.91 Å². The van der Waals surface area contributed by atoms with E-state index >= 15 is 0 Å². The Hall–Kier alpha value is -3.48. The van der Waals surface area contributed by atoms with E-state index in [4.69, 9.17) is 0 Å². The summed E-state index contributed by atoms with van der Waals surface area (Å²) < 4.78 is 1.68. The van der Waals surface area contributed by atoms with Crippen LogP contribution < -0.4 is 10.2 Å². The Kier molecular flexibility index (Phi) is 4.89. The fourth-order valence-corrected chi connectivity index (χ4v) is 3.33. The van der Waals surface area contributed by atoms with Crippen LogP contribution in [0.4, 0.5) is 5.69 Å². The Labute approximate surface area is 163 Å². The SMILES string of the molecule is C[C@H](NC(=O)c1ccc(N2CCCC2=O)cc1)c1ccc(-n2cncn2)cc1. The highest BCUT2D eigenvalue weighted by molar-refractivity contribution is 5.97. The predicted molar refractivity (Wildman–Crippen MR) is 105 cm³/mol. The monoisotopic (exact) mass is 375 g/mol. The van der Waals surface area contributed by atoms with Crippen molar-refractivity contribution in [3.05, 3.63) is 72.3 Å². The van der Waals surface area contributed by atoms with Gasteiger partial charge in [-0.2, -0.15) is 5.10 Å². The van der Waals surface area contributed by atoms with Gasteiger partial charge in [-0.15, -0.1) is 0 Å². The summed E-state index contributed by atoms with van der Waals surface area (Å²) in [7, 11) is 0. The van der Waals surface area contributed by atoms with E-state index in [-0.39, 0.29) is 17.9 Å². The van der Waals surface area contributed by atoms with Crippen molar-refractivity contribution in [3.8, 4) is 5.69 Å². The molecule has 0 unspecified atom stereocenters. The molecule has 1 saturated heterocycles. The highest BCUT2D eigenvalue weighted by Crippen LogP contribution is 2.22. The molecule has 0 aliphatic carbocycles. The van der Waals surface area contributed by atoms with Gasteiger partial charge in [0.1, 0.15) is 12.7 Å². The average molecular weight is 375 g/mol. The van der Waals surface area contributed by atoms with E-state index in [2.05, 4.69) is 15.4 Å². The van der Waals surface area contributed by atoms with E-state index in [0.717, 1.165) is 29.9 Å². The first-order valence-corrected chi connectivity index (χ1v) is 9.28. The molecule has 7 heteroatoms.